The van der Waals surface area contributed by atoms with Crippen molar-refractivity contribution in [2.24, 2.45) is 5.10 Å². The van der Waals surface area contributed by atoms with E-state index in [0.29, 0.717) is 10.0 Å². The fourth-order valence-corrected chi connectivity index (χ4v) is 2.78. The lowest BCUT2D eigenvalue weighted by molar-refractivity contribution is -0.119. The zero-order valence-corrected chi connectivity index (χ0v) is 15.4. The molecule has 0 atom stereocenters. The van der Waals surface area contributed by atoms with Gasteiger partial charge in [-0.25, -0.2) is 9.82 Å². The molecule has 1 amide bonds. The summed E-state index contributed by atoms with van der Waals surface area (Å²) >= 11 is 3.18. The summed E-state index contributed by atoms with van der Waals surface area (Å²) in [4.78, 5) is 11.8. The molecule has 0 spiro atoms. The summed E-state index contributed by atoms with van der Waals surface area (Å²) in [6, 6.07) is 8.74. The van der Waals surface area contributed by atoms with Gasteiger partial charge in [-0.1, -0.05) is 33.6 Å². The number of carbonyl (C=O) groups excluding carboxylic acids is 1. The van der Waals surface area contributed by atoms with E-state index in [-0.39, 0.29) is 12.5 Å². The molecule has 2 aromatic rings. The van der Waals surface area contributed by atoms with Crippen LogP contribution in [0, 0.1) is 26.6 Å². The van der Waals surface area contributed by atoms with E-state index in [1.807, 2.05) is 20.8 Å². The number of halogens is 2. The van der Waals surface area contributed by atoms with E-state index in [1.165, 1.54) is 17.8 Å². The molecule has 0 aliphatic heterocycles. The van der Waals surface area contributed by atoms with Gasteiger partial charge >= 0.3 is 0 Å². The van der Waals surface area contributed by atoms with Gasteiger partial charge in [0.05, 0.1) is 12.8 Å². The van der Waals surface area contributed by atoms with Crippen LogP contribution in [0.1, 0.15) is 22.3 Å². The number of hydrogen-bond donors (Lipinski definition) is 2. The monoisotopic (exact) mass is 391 g/mol. The Bertz CT molecular complexity index is 767. The van der Waals surface area contributed by atoms with Crippen molar-refractivity contribution in [3.63, 3.8) is 0 Å². The number of benzene rings is 2. The van der Waals surface area contributed by atoms with Crippen molar-refractivity contribution in [3.8, 4) is 0 Å². The second-order valence-corrected chi connectivity index (χ2v) is 6.50. The Hall–Kier alpha value is -2.21. The van der Waals surface area contributed by atoms with Crippen molar-refractivity contribution in [3.05, 3.63) is 62.9 Å². The Kier molecular flexibility index (Phi) is 6.09. The van der Waals surface area contributed by atoms with Crippen LogP contribution in [0.15, 0.2) is 39.9 Å². The van der Waals surface area contributed by atoms with Gasteiger partial charge in [0, 0.05) is 15.7 Å². The summed E-state index contributed by atoms with van der Waals surface area (Å²) in [6.07, 6.45) is 1.28. The van der Waals surface area contributed by atoms with Crippen molar-refractivity contribution >= 4 is 33.7 Å². The average molecular weight is 392 g/mol. The molecule has 0 radical (unpaired) electrons. The third-order valence-electron chi connectivity index (χ3n) is 3.46. The Labute approximate surface area is 149 Å². The predicted octanol–water partition coefficient (Wildman–Crippen LogP) is 4.08. The van der Waals surface area contributed by atoms with E-state index in [9.17, 15) is 9.18 Å². The molecule has 2 aromatic carbocycles. The first-order valence-electron chi connectivity index (χ1n) is 7.45. The molecule has 24 heavy (non-hydrogen) atoms. The molecule has 126 valence electrons. The van der Waals surface area contributed by atoms with Gasteiger partial charge in [-0.2, -0.15) is 5.10 Å². The number of nitrogens with one attached hydrogen (secondary N) is 2. The third kappa shape index (κ3) is 4.89. The van der Waals surface area contributed by atoms with Crippen molar-refractivity contribution in [2.75, 3.05) is 11.9 Å². The van der Waals surface area contributed by atoms with Crippen LogP contribution >= 0.6 is 15.9 Å². The summed E-state index contributed by atoms with van der Waals surface area (Å²) in [6.45, 7) is 6.11. The fraction of sp³-hybridized carbons (Fsp3) is 0.222. The van der Waals surface area contributed by atoms with Gasteiger partial charge in [0.2, 0.25) is 0 Å². The maximum Gasteiger partial charge on any atom is 0.259 e. The molecular weight excluding hydrogens is 373 g/mol. The van der Waals surface area contributed by atoms with Gasteiger partial charge in [-0.05, 0) is 50.1 Å². The second kappa shape index (κ2) is 8.06. The van der Waals surface area contributed by atoms with Gasteiger partial charge in [-0.15, -0.1) is 0 Å². The van der Waals surface area contributed by atoms with Crippen LogP contribution in [0.25, 0.3) is 0 Å². The number of aryl methyl sites for hydroxylation is 3. The molecule has 2 rings (SSSR count). The highest BCUT2D eigenvalue weighted by atomic mass is 79.9. The largest absolute Gasteiger partial charge is 0.376 e. The summed E-state index contributed by atoms with van der Waals surface area (Å²) in [5, 5.41) is 6.89. The standard InChI is InChI=1S/C18H19BrFN3O/c1-11-6-12(2)18(13(3)7-11)21-10-17(24)23-22-9-14-4-5-15(19)8-16(14)20/h4-9,21H,10H2,1-3H3,(H,23,24)/b22-9-. The molecule has 0 saturated heterocycles. The second-order valence-electron chi connectivity index (χ2n) is 5.59. The van der Waals surface area contributed by atoms with Crippen LogP contribution in [-0.2, 0) is 4.79 Å². The topological polar surface area (TPSA) is 53.5 Å². The van der Waals surface area contributed by atoms with E-state index in [2.05, 4.69) is 43.9 Å². The summed E-state index contributed by atoms with van der Waals surface area (Å²) in [7, 11) is 0. The van der Waals surface area contributed by atoms with E-state index in [1.54, 1.807) is 12.1 Å². The van der Waals surface area contributed by atoms with Crippen LogP contribution in [0.5, 0.6) is 0 Å². The van der Waals surface area contributed by atoms with Gasteiger partial charge in [0.1, 0.15) is 5.82 Å². The molecule has 0 heterocycles. The third-order valence-corrected chi connectivity index (χ3v) is 3.95. The number of hydrazone groups is 1. The highest BCUT2D eigenvalue weighted by molar-refractivity contribution is 9.10. The summed E-state index contributed by atoms with van der Waals surface area (Å²) in [5.74, 6) is -0.713. The number of nitrogens with zero attached hydrogens (tertiary/aromatic N) is 1. The highest BCUT2D eigenvalue weighted by Crippen LogP contribution is 2.21. The van der Waals surface area contributed by atoms with Crippen molar-refractivity contribution in [1.29, 1.82) is 0 Å². The molecule has 0 bridgehead atoms. The number of rotatable bonds is 5. The smallest absolute Gasteiger partial charge is 0.259 e. The lowest BCUT2D eigenvalue weighted by atomic mass is 10.1. The van der Waals surface area contributed by atoms with E-state index < -0.39 is 5.82 Å². The molecule has 6 heteroatoms. The van der Waals surface area contributed by atoms with Crippen molar-refractivity contribution < 1.29 is 9.18 Å². The molecule has 4 nitrogen and oxygen atoms in total. The minimum atomic E-state index is -0.411. The Balaban J connectivity index is 1.91. The van der Waals surface area contributed by atoms with Gasteiger partial charge in [0.15, 0.2) is 0 Å². The number of amides is 1. The van der Waals surface area contributed by atoms with E-state index in [4.69, 9.17) is 0 Å². The quantitative estimate of drug-likeness (QED) is 0.595. The van der Waals surface area contributed by atoms with Gasteiger partial charge in [0.25, 0.3) is 5.91 Å². The minimum Gasteiger partial charge on any atom is -0.376 e. The molecule has 0 unspecified atom stereocenters. The SMILES string of the molecule is Cc1cc(C)c(NCC(=O)N/N=C\c2ccc(Br)cc2F)c(C)c1. The zero-order chi connectivity index (χ0) is 17.7. The minimum absolute atomic E-state index is 0.0882. The fourth-order valence-electron chi connectivity index (χ4n) is 2.45. The first-order valence-corrected chi connectivity index (χ1v) is 8.25. The summed E-state index contributed by atoms with van der Waals surface area (Å²) < 4.78 is 14.3. The number of carbonyl (C=O) groups is 1. The molecule has 0 saturated carbocycles. The first-order chi connectivity index (χ1) is 11.4. The normalized spacial score (nSPS) is 10.9. The summed E-state index contributed by atoms with van der Waals surface area (Å²) in [5.41, 5.74) is 6.98. The average Bonchev–Trinajstić information content (AvgIpc) is 2.48. The highest BCUT2D eigenvalue weighted by Gasteiger charge is 2.06. The van der Waals surface area contributed by atoms with Crippen LogP contribution in [0.3, 0.4) is 0 Å². The van der Waals surface area contributed by atoms with Crippen LogP contribution < -0.4 is 10.7 Å². The lowest BCUT2D eigenvalue weighted by Gasteiger charge is -2.13. The van der Waals surface area contributed by atoms with E-state index >= 15 is 0 Å². The van der Waals surface area contributed by atoms with Gasteiger partial charge < -0.3 is 5.32 Å². The Morgan fingerprint density at radius 1 is 1.21 bits per heavy atom. The maximum atomic E-state index is 13.6. The molecule has 2 N–H and O–H groups in total. The van der Waals surface area contributed by atoms with Crippen LogP contribution in [-0.4, -0.2) is 18.7 Å². The maximum absolute atomic E-state index is 13.6. The van der Waals surface area contributed by atoms with Gasteiger partial charge in [-0.3, -0.25) is 4.79 Å². The Morgan fingerprint density at radius 2 is 1.88 bits per heavy atom. The molecule has 0 aliphatic rings. The van der Waals surface area contributed by atoms with Crippen molar-refractivity contribution in [1.82, 2.24) is 5.43 Å². The molecule has 0 aromatic heterocycles. The molecular formula is C18H19BrFN3O. The Morgan fingerprint density at radius 3 is 2.50 bits per heavy atom. The first kappa shape index (κ1) is 18.1. The number of hydrogen-bond acceptors (Lipinski definition) is 3. The van der Waals surface area contributed by atoms with Crippen LogP contribution in [0.4, 0.5) is 10.1 Å². The zero-order valence-electron chi connectivity index (χ0n) is 13.8. The predicted molar refractivity (Wildman–Crippen MR) is 99.0 cm³/mol. The molecule has 0 aliphatic carbocycles. The van der Waals surface area contributed by atoms with Crippen LogP contribution in [0.2, 0.25) is 0 Å². The van der Waals surface area contributed by atoms with E-state index in [0.717, 1.165) is 16.8 Å². The van der Waals surface area contributed by atoms with Crippen molar-refractivity contribution in [2.45, 2.75) is 20.8 Å². The molecule has 0 fully saturated rings. The lowest BCUT2D eigenvalue weighted by Crippen LogP contribution is -2.26. The number of anilines is 1.